The monoisotopic (exact) mass is 288 g/mol. The Hall–Kier alpha value is -1.72. The van der Waals surface area contributed by atoms with Crippen molar-refractivity contribution in [3.8, 4) is 5.69 Å². The van der Waals surface area contributed by atoms with E-state index in [2.05, 4.69) is 22.4 Å². The Morgan fingerprint density at radius 2 is 2.00 bits per heavy atom. The third-order valence-corrected chi connectivity index (χ3v) is 3.09. The van der Waals surface area contributed by atoms with Crippen molar-refractivity contribution in [2.45, 2.75) is 39.3 Å². The van der Waals surface area contributed by atoms with Crippen molar-refractivity contribution in [2.75, 3.05) is 13.2 Å². The summed E-state index contributed by atoms with van der Waals surface area (Å²) in [5.41, 5.74) is 1.87. The molecular weight excluding hydrogens is 264 g/mol. The standard InChI is InChI=1S/C16H24N4O/c1-4-10-17-16(12-21-13(2)3)15-11-18-20(19-15)14-8-6-5-7-9-14/h5-9,11,13,16-17H,4,10,12H2,1-3H3. The molecule has 114 valence electrons. The average molecular weight is 288 g/mol. The van der Waals surface area contributed by atoms with Crippen LogP contribution in [0.2, 0.25) is 0 Å². The van der Waals surface area contributed by atoms with Gasteiger partial charge in [-0.1, -0.05) is 25.1 Å². The first kappa shape index (κ1) is 15.7. The fourth-order valence-electron chi connectivity index (χ4n) is 1.98. The molecule has 0 aliphatic rings. The van der Waals surface area contributed by atoms with Gasteiger partial charge < -0.3 is 10.1 Å². The topological polar surface area (TPSA) is 52.0 Å². The summed E-state index contributed by atoms with van der Waals surface area (Å²) in [4.78, 5) is 1.66. The Morgan fingerprint density at radius 1 is 1.24 bits per heavy atom. The molecule has 0 amide bonds. The fraction of sp³-hybridized carbons (Fsp3) is 0.500. The Kier molecular flexibility index (Phi) is 5.90. The fourth-order valence-corrected chi connectivity index (χ4v) is 1.98. The molecule has 0 fully saturated rings. The van der Waals surface area contributed by atoms with Crippen molar-refractivity contribution in [2.24, 2.45) is 0 Å². The second kappa shape index (κ2) is 7.90. The van der Waals surface area contributed by atoms with Crippen LogP contribution in [0.25, 0.3) is 5.69 Å². The largest absolute Gasteiger partial charge is 0.377 e. The first-order chi connectivity index (χ1) is 10.2. The number of ether oxygens (including phenoxy) is 1. The summed E-state index contributed by atoms with van der Waals surface area (Å²) in [6, 6.07) is 9.99. The zero-order valence-electron chi connectivity index (χ0n) is 13.0. The summed E-state index contributed by atoms with van der Waals surface area (Å²) in [5.74, 6) is 0. The lowest BCUT2D eigenvalue weighted by Gasteiger charge is -2.17. The molecule has 1 aromatic heterocycles. The van der Waals surface area contributed by atoms with E-state index in [1.165, 1.54) is 0 Å². The van der Waals surface area contributed by atoms with E-state index in [0.29, 0.717) is 6.61 Å². The van der Waals surface area contributed by atoms with Gasteiger partial charge in [-0.15, -0.1) is 0 Å². The summed E-state index contributed by atoms with van der Waals surface area (Å²) < 4.78 is 5.73. The Bertz CT molecular complexity index is 524. The SMILES string of the molecule is CCCNC(COC(C)C)c1cnn(-c2ccccc2)n1. The van der Waals surface area contributed by atoms with Gasteiger partial charge in [0.25, 0.3) is 0 Å². The van der Waals surface area contributed by atoms with Crippen molar-refractivity contribution in [1.29, 1.82) is 0 Å². The molecule has 5 nitrogen and oxygen atoms in total. The minimum atomic E-state index is 0.0739. The van der Waals surface area contributed by atoms with Crippen LogP contribution in [0.15, 0.2) is 36.5 Å². The first-order valence-corrected chi connectivity index (χ1v) is 7.53. The van der Waals surface area contributed by atoms with Crippen LogP contribution in [-0.4, -0.2) is 34.2 Å². The lowest BCUT2D eigenvalue weighted by atomic mass is 10.2. The van der Waals surface area contributed by atoms with Gasteiger partial charge in [-0.3, -0.25) is 0 Å². The first-order valence-electron chi connectivity index (χ1n) is 7.53. The molecular formula is C16H24N4O. The predicted octanol–water partition coefficient (Wildman–Crippen LogP) is 2.73. The molecule has 0 radical (unpaired) electrons. The minimum Gasteiger partial charge on any atom is -0.377 e. The van der Waals surface area contributed by atoms with Crippen molar-refractivity contribution in [1.82, 2.24) is 20.3 Å². The lowest BCUT2D eigenvalue weighted by molar-refractivity contribution is 0.0602. The number of rotatable bonds is 8. The maximum absolute atomic E-state index is 5.73. The van der Waals surface area contributed by atoms with E-state index in [0.717, 1.165) is 24.3 Å². The summed E-state index contributed by atoms with van der Waals surface area (Å²) >= 11 is 0. The van der Waals surface area contributed by atoms with E-state index in [4.69, 9.17) is 4.74 Å². The molecule has 1 aromatic carbocycles. The Balaban J connectivity index is 2.10. The summed E-state index contributed by atoms with van der Waals surface area (Å²) in [6.07, 6.45) is 3.09. The Labute approximate surface area is 126 Å². The van der Waals surface area contributed by atoms with Gasteiger partial charge >= 0.3 is 0 Å². The number of aromatic nitrogens is 3. The molecule has 0 saturated heterocycles. The molecule has 1 unspecified atom stereocenters. The molecule has 1 atom stereocenters. The molecule has 1 N–H and O–H groups in total. The van der Waals surface area contributed by atoms with Crippen LogP contribution in [0.5, 0.6) is 0 Å². The number of hydrogen-bond donors (Lipinski definition) is 1. The molecule has 0 saturated carbocycles. The van der Waals surface area contributed by atoms with Crippen LogP contribution < -0.4 is 5.32 Å². The third kappa shape index (κ3) is 4.65. The van der Waals surface area contributed by atoms with Crippen molar-refractivity contribution < 1.29 is 4.74 Å². The number of hydrogen-bond acceptors (Lipinski definition) is 4. The van der Waals surface area contributed by atoms with Gasteiger partial charge in [0.15, 0.2) is 0 Å². The molecule has 0 bridgehead atoms. The Morgan fingerprint density at radius 3 is 2.67 bits per heavy atom. The van der Waals surface area contributed by atoms with Crippen molar-refractivity contribution >= 4 is 0 Å². The quantitative estimate of drug-likeness (QED) is 0.811. The minimum absolute atomic E-state index is 0.0739. The molecule has 21 heavy (non-hydrogen) atoms. The van der Waals surface area contributed by atoms with Crippen molar-refractivity contribution in [3.63, 3.8) is 0 Å². The van der Waals surface area contributed by atoms with Crippen LogP contribution in [0.1, 0.15) is 38.9 Å². The highest BCUT2D eigenvalue weighted by Gasteiger charge is 2.16. The second-order valence-electron chi connectivity index (χ2n) is 5.28. The van der Waals surface area contributed by atoms with E-state index in [1.807, 2.05) is 50.4 Å². The van der Waals surface area contributed by atoms with Crippen LogP contribution in [0.3, 0.4) is 0 Å². The smallest absolute Gasteiger partial charge is 0.102 e. The van der Waals surface area contributed by atoms with E-state index >= 15 is 0 Å². The van der Waals surface area contributed by atoms with E-state index in [9.17, 15) is 0 Å². The zero-order valence-corrected chi connectivity index (χ0v) is 13.0. The highest BCUT2D eigenvalue weighted by atomic mass is 16.5. The van der Waals surface area contributed by atoms with Crippen LogP contribution >= 0.6 is 0 Å². The van der Waals surface area contributed by atoms with E-state index in [1.54, 1.807) is 4.80 Å². The van der Waals surface area contributed by atoms with Gasteiger partial charge in [0.05, 0.1) is 30.6 Å². The average Bonchev–Trinajstić information content (AvgIpc) is 2.98. The van der Waals surface area contributed by atoms with E-state index < -0.39 is 0 Å². The van der Waals surface area contributed by atoms with Gasteiger partial charge in [0.2, 0.25) is 0 Å². The third-order valence-electron chi connectivity index (χ3n) is 3.09. The highest BCUT2D eigenvalue weighted by Crippen LogP contribution is 2.13. The molecule has 1 heterocycles. The molecule has 0 aliphatic carbocycles. The normalized spacial score (nSPS) is 12.8. The maximum Gasteiger partial charge on any atom is 0.102 e. The van der Waals surface area contributed by atoms with Crippen LogP contribution in [0.4, 0.5) is 0 Å². The molecule has 5 heteroatoms. The number of nitrogens with zero attached hydrogens (tertiary/aromatic N) is 3. The lowest BCUT2D eigenvalue weighted by Crippen LogP contribution is -2.28. The van der Waals surface area contributed by atoms with E-state index in [-0.39, 0.29) is 12.1 Å². The van der Waals surface area contributed by atoms with Crippen LogP contribution in [0, 0.1) is 0 Å². The number of para-hydroxylation sites is 1. The summed E-state index contributed by atoms with van der Waals surface area (Å²) in [7, 11) is 0. The van der Waals surface area contributed by atoms with Gasteiger partial charge in [-0.2, -0.15) is 15.0 Å². The van der Waals surface area contributed by atoms with Gasteiger partial charge in [0, 0.05) is 0 Å². The zero-order chi connectivity index (χ0) is 15.1. The summed E-state index contributed by atoms with van der Waals surface area (Å²) in [6.45, 7) is 7.76. The highest BCUT2D eigenvalue weighted by molar-refractivity contribution is 5.28. The van der Waals surface area contributed by atoms with Crippen LogP contribution in [-0.2, 0) is 4.74 Å². The maximum atomic E-state index is 5.73. The molecule has 2 rings (SSSR count). The van der Waals surface area contributed by atoms with Gasteiger partial charge in [-0.05, 0) is 38.9 Å². The molecule has 2 aromatic rings. The second-order valence-corrected chi connectivity index (χ2v) is 5.28. The predicted molar refractivity (Wildman–Crippen MR) is 83.5 cm³/mol. The van der Waals surface area contributed by atoms with Gasteiger partial charge in [0.1, 0.15) is 5.69 Å². The number of benzene rings is 1. The molecule has 0 spiro atoms. The van der Waals surface area contributed by atoms with Gasteiger partial charge in [-0.25, -0.2) is 0 Å². The molecule has 0 aliphatic heterocycles. The number of nitrogens with one attached hydrogen (secondary N) is 1. The summed E-state index contributed by atoms with van der Waals surface area (Å²) in [5, 5.41) is 12.4. The van der Waals surface area contributed by atoms with Crippen molar-refractivity contribution in [3.05, 3.63) is 42.2 Å².